The van der Waals surface area contributed by atoms with Crippen molar-refractivity contribution in [3.05, 3.63) is 11.1 Å². The lowest BCUT2D eigenvalue weighted by molar-refractivity contribution is -0.134. The Morgan fingerprint density at radius 3 is 2.73 bits per heavy atom. The van der Waals surface area contributed by atoms with Crippen LogP contribution in [-0.2, 0) is 9.47 Å². The van der Waals surface area contributed by atoms with E-state index < -0.39 is 18.5 Å². The molecule has 1 atom stereocenters. The summed E-state index contributed by atoms with van der Waals surface area (Å²) < 4.78 is 61.7. The second kappa shape index (κ2) is 10.2. The SMILES string of the molecule is CCOC(=O)c1cnc(N2CCN(CC3CCC(F)(F)CC3)C[C@H]2COC(F)F)s1. The van der Waals surface area contributed by atoms with Gasteiger partial charge in [0, 0.05) is 39.0 Å². The van der Waals surface area contributed by atoms with Crippen LogP contribution in [-0.4, -0.2) is 73.8 Å². The Balaban J connectivity index is 1.63. The molecule has 0 radical (unpaired) electrons. The second-order valence-corrected chi connectivity index (χ2v) is 8.74. The van der Waals surface area contributed by atoms with E-state index in [9.17, 15) is 22.4 Å². The van der Waals surface area contributed by atoms with Crippen LogP contribution in [0.2, 0.25) is 0 Å². The predicted molar refractivity (Wildman–Crippen MR) is 105 cm³/mol. The molecule has 1 saturated carbocycles. The first-order valence-electron chi connectivity index (χ1n) is 10.2. The van der Waals surface area contributed by atoms with Crippen LogP contribution in [0.4, 0.5) is 22.7 Å². The molecule has 170 valence electrons. The number of anilines is 1. The number of ether oxygens (including phenoxy) is 2. The van der Waals surface area contributed by atoms with Gasteiger partial charge in [-0.1, -0.05) is 11.3 Å². The molecule has 1 aromatic rings. The first-order chi connectivity index (χ1) is 14.3. The van der Waals surface area contributed by atoms with Crippen molar-refractivity contribution in [2.24, 2.45) is 5.92 Å². The van der Waals surface area contributed by atoms with Crippen LogP contribution in [0, 0.1) is 5.92 Å². The van der Waals surface area contributed by atoms with E-state index in [1.165, 1.54) is 6.20 Å². The average Bonchev–Trinajstić information content (AvgIpc) is 3.18. The maximum absolute atomic E-state index is 13.4. The molecule has 1 aliphatic heterocycles. The molecule has 11 heteroatoms. The van der Waals surface area contributed by atoms with Gasteiger partial charge in [-0.25, -0.2) is 18.6 Å². The summed E-state index contributed by atoms with van der Waals surface area (Å²) in [6.07, 6.45) is 2.19. The summed E-state index contributed by atoms with van der Waals surface area (Å²) in [6, 6.07) is -0.376. The minimum absolute atomic E-state index is 0.0920. The van der Waals surface area contributed by atoms with Gasteiger partial charge >= 0.3 is 12.6 Å². The number of thiazole rings is 1. The Morgan fingerprint density at radius 2 is 2.07 bits per heavy atom. The Hall–Kier alpha value is -1.46. The van der Waals surface area contributed by atoms with Gasteiger partial charge in [0.1, 0.15) is 4.88 Å². The molecule has 1 saturated heterocycles. The molecule has 1 aliphatic carbocycles. The van der Waals surface area contributed by atoms with Crippen molar-refractivity contribution in [1.82, 2.24) is 9.88 Å². The highest BCUT2D eigenvalue weighted by atomic mass is 32.1. The zero-order valence-electron chi connectivity index (χ0n) is 16.9. The highest BCUT2D eigenvalue weighted by Gasteiger charge is 2.37. The monoisotopic (exact) mass is 453 g/mol. The van der Waals surface area contributed by atoms with Crippen molar-refractivity contribution in [1.29, 1.82) is 0 Å². The number of hydrogen-bond acceptors (Lipinski definition) is 7. The quantitative estimate of drug-likeness (QED) is 0.440. The van der Waals surface area contributed by atoms with E-state index >= 15 is 0 Å². The fraction of sp³-hybridized carbons (Fsp3) is 0.789. The molecular formula is C19H27F4N3O3S. The van der Waals surface area contributed by atoms with Crippen molar-refractivity contribution in [2.45, 2.75) is 51.2 Å². The van der Waals surface area contributed by atoms with E-state index in [1.54, 1.807) is 6.92 Å². The summed E-state index contributed by atoms with van der Waals surface area (Å²) in [5, 5.41) is 0.554. The summed E-state index contributed by atoms with van der Waals surface area (Å²) >= 11 is 1.16. The lowest BCUT2D eigenvalue weighted by Gasteiger charge is -2.43. The Kier molecular flexibility index (Phi) is 7.92. The summed E-state index contributed by atoms with van der Waals surface area (Å²) in [5.74, 6) is -2.85. The number of esters is 1. The molecule has 0 aromatic carbocycles. The molecule has 0 spiro atoms. The molecular weight excluding hydrogens is 426 g/mol. The third-order valence-electron chi connectivity index (χ3n) is 5.55. The van der Waals surface area contributed by atoms with Gasteiger partial charge in [-0.05, 0) is 25.7 Å². The van der Waals surface area contributed by atoms with E-state index in [0.29, 0.717) is 49.0 Å². The number of piperazine rings is 1. The molecule has 30 heavy (non-hydrogen) atoms. The molecule has 0 bridgehead atoms. The second-order valence-electron chi connectivity index (χ2n) is 7.73. The molecule has 0 unspecified atom stereocenters. The molecule has 2 aliphatic rings. The van der Waals surface area contributed by atoms with E-state index in [0.717, 1.165) is 11.3 Å². The Bertz CT molecular complexity index is 696. The zero-order chi connectivity index (χ0) is 21.7. The molecule has 2 fully saturated rings. The standard InChI is InChI=1S/C19H27F4N3O3S/c1-2-28-16(27)15-9-24-18(30-15)26-8-7-25(11-14(26)12-29-17(20)21)10-13-3-5-19(22,23)6-4-13/h9,13-14,17H,2-8,10-12H2,1H3/t14-/m0/s1. The number of alkyl halides is 4. The minimum atomic E-state index is -2.88. The number of nitrogens with zero attached hydrogens (tertiary/aromatic N) is 3. The number of carbonyl (C=O) groups excluding carboxylic acids is 1. The fourth-order valence-electron chi connectivity index (χ4n) is 4.01. The summed E-state index contributed by atoms with van der Waals surface area (Å²) in [6.45, 7) is 1.21. The molecule has 0 amide bonds. The number of aromatic nitrogens is 1. The van der Waals surface area contributed by atoms with Crippen LogP contribution in [0.1, 0.15) is 42.3 Å². The highest BCUT2D eigenvalue weighted by molar-refractivity contribution is 7.17. The van der Waals surface area contributed by atoms with E-state index in [4.69, 9.17) is 4.74 Å². The minimum Gasteiger partial charge on any atom is -0.462 e. The van der Waals surface area contributed by atoms with Gasteiger partial charge in [0.2, 0.25) is 5.92 Å². The lowest BCUT2D eigenvalue weighted by Crippen LogP contribution is -2.56. The number of rotatable bonds is 8. The van der Waals surface area contributed by atoms with Gasteiger partial charge in [0.25, 0.3) is 0 Å². The lowest BCUT2D eigenvalue weighted by atomic mass is 9.86. The van der Waals surface area contributed by atoms with Gasteiger partial charge in [0.05, 0.1) is 25.5 Å². The number of hydrogen-bond donors (Lipinski definition) is 0. The largest absolute Gasteiger partial charge is 0.462 e. The summed E-state index contributed by atoms with van der Waals surface area (Å²) in [5.41, 5.74) is 0. The maximum atomic E-state index is 13.4. The van der Waals surface area contributed by atoms with Crippen molar-refractivity contribution >= 4 is 22.4 Å². The van der Waals surface area contributed by atoms with Gasteiger partial charge in [-0.15, -0.1) is 0 Å². The predicted octanol–water partition coefficient (Wildman–Crippen LogP) is 3.88. The van der Waals surface area contributed by atoms with Crippen LogP contribution in [0.25, 0.3) is 0 Å². The Morgan fingerprint density at radius 1 is 1.33 bits per heavy atom. The van der Waals surface area contributed by atoms with Crippen molar-refractivity contribution in [3.63, 3.8) is 0 Å². The number of halogens is 4. The third-order valence-corrected chi connectivity index (χ3v) is 6.56. The van der Waals surface area contributed by atoms with Crippen LogP contribution in [0.15, 0.2) is 6.20 Å². The molecule has 0 N–H and O–H groups in total. The van der Waals surface area contributed by atoms with E-state index in [-0.39, 0.29) is 38.0 Å². The first-order valence-corrected chi connectivity index (χ1v) is 11.0. The average molecular weight is 454 g/mol. The maximum Gasteiger partial charge on any atom is 0.350 e. The van der Waals surface area contributed by atoms with Gasteiger partial charge < -0.3 is 14.4 Å². The third kappa shape index (κ3) is 6.27. The van der Waals surface area contributed by atoms with E-state index in [1.807, 2.05) is 4.90 Å². The van der Waals surface area contributed by atoms with Crippen molar-refractivity contribution < 1.29 is 31.8 Å². The molecule has 2 heterocycles. The van der Waals surface area contributed by atoms with Crippen LogP contribution in [0.3, 0.4) is 0 Å². The first kappa shape index (κ1) is 23.2. The normalized spacial score (nSPS) is 23.1. The van der Waals surface area contributed by atoms with Gasteiger partial charge in [-0.2, -0.15) is 8.78 Å². The van der Waals surface area contributed by atoms with Crippen molar-refractivity contribution in [2.75, 3.05) is 44.3 Å². The molecule has 6 nitrogen and oxygen atoms in total. The summed E-state index contributed by atoms with van der Waals surface area (Å²) in [4.78, 5) is 20.5. The van der Waals surface area contributed by atoms with Crippen LogP contribution in [0.5, 0.6) is 0 Å². The zero-order valence-corrected chi connectivity index (χ0v) is 17.7. The van der Waals surface area contributed by atoms with Crippen LogP contribution < -0.4 is 4.90 Å². The number of carbonyl (C=O) groups is 1. The van der Waals surface area contributed by atoms with E-state index in [2.05, 4.69) is 14.6 Å². The molecule has 3 rings (SSSR count). The summed E-state index contributed by atoms with van der Waals surface area (Å²) in [7, 11) is 0. The molecule has 1 aromatic heterocycles. The smallest absolute Gasteiger partial charge is 0.350 e. The van der Waals surface area contributed by atoms with Gasteiger partial charge in [0.15, 0.2) is 5.13 Å². The van der Waals surface area contributed by atoms with Crippen LogP contribution >= 0.6 is 11.3 Å². The highest BCUT2D eigenvalue weighted by Crippen LogP contribution is 2.37. The Labute approximate surface area is 177 Å². The van der Waals surface area contributed by atoms with Crippen molar-refractivity contribution in [3.8, 4) is 0 Å². The topological polar surface area (TPSA) is 54.9 Å². The fourth-order valence-corrected chi connectivity index (χ4v) is 4.91. The van der Waals surface area contributed by atoms with Gasteiger partial charge in [-0.3, -0.25) is 4.90 Å².